The van der Waals surface area contributed by atoms with Gasteiger partial charge in [-0.15, -0.1) is 0 Å². The normalized spacial score (nSPS) is 24.5. The predicted octanol–water partition coefficient (Wildman–Crippen LogP) is 3.84. The number of aromatic hydroxyl groups is 2. The van der Waals surface area contributed by atoms with Crippen molar-refractivity contribution in [3.05, 3.63) is 64.7 Å². The van der Waals surface area contributed by atoms with E-state index in [1.807, 2.05) is 24.3 Å². The molecule has 2 aromatic carbocycles. The fourth-order valence-corrected chi connectivity index (χ4v) is 4.23. The minimum Gasteiger partial charge on any atom is -0.508 e. The first-order chi connectivity index (χ1) is 10.1. The first kappa shape index (κ1) is 12.5. The van der Waals surface area contributed by atoms with E-state index in [0.717, 1.165) is 19.3 Å². The van der Waals surface area contributed by atoms with Gasteiger partial charge in [0.05, 0.1) is 0 Å². The second-order valence-electron chi connectivity index (χ2n) is 6.31. The Morgan fingerprint density at radius 2 is 1.48 bits per heavy atom. The number of phenols is 2. The molecule has 0 saturated heterocycles. The molecule has 2 nitrogen and oxygen atoms in total. The molecule has 2 aliphatic rings. The molecule has 1 unspecified atom stereocenters. The van der Waals surface area contributed by atoms with Crippen molar-refractivity contribution in [3.8, 4) is 11.5 Å². The largest absolute Gasteiger partial charge is 0.508 e. The summed E-state index contributed by atoms with van der Waals surface area (Å²) in [5.74, 6) is 0.680. The molecule has 0 heterocycles. The van der Waals surface area contributed by atoms with Gasteiger partial charge >= 0.3 is 0 Å². The Labute approximate surface area is 124 Å². The van der Waals surface area contributed by atoms with Crippen molar-refractivity contribution in [2.45, 2.75) is 26.2 Å². The highest BCUT2D eigenvalue weighted by atomic mass is 16.3. The van der Waals surface area contributed by atoms with Crippen LogP contribution in [0.5, 0.6) is 11.5 Å². The summed E-state index contributed by atoms with van der Waals surface area (Å²) in [5.41, 5.74) is 6.54. The Morgan fingerprint density at radius 3 is 2.24 bits per heavy atom. The molecule has 1 spiro atoms. The molecule has 2 heteroatoms. The molecule has 106 valence electrons. The molecule has 0 aliphatic heterocycles. The lowest BCUT2D eigenvalue weighted by Gasteiger charge is -2.25. The molecule has 1 atom stereocenters. The Balaban J connectivity index is 1.82. The molecule has 2 aromatic rings. The maximum Gasteiger partial charge on any atom is 0.116 e. The molecule has 0 amide bonds. The number of fused-ring (bicyclic) bond motifs is 2. The summed E-state index contributed by atoms with van der Waals surface area (Å²) in [6, 6.07) is 11.4. The lowest BCUT2D eigenvalue weighted by molar-refractivity contribution is 0.440. The van der Waals surface area contributed by atoms with Crippen LogP contribution in [0, 0.1) is 5.41 Å². The van der Waals surface area contributed by atoms with Gasteiger partial charge < -0.3 is 10.2 Å². The maximum absolute atomic E-state index is 9.79. The molecule has 4 rings (SSSR count). The van der Waals surface area contributed by atoms with Crippen molar-refractivity contribution in [2.24, 2.45) is 5.41 Å². The second kappa shape index (κ2) is 4.14. The van der Waals surface area contributed by atoms with Gasteiger partial charge in [0.2, 0.25) is 0 Å². The third-order valence-corrected chi connectivity index (χ3v) is 5.02. The van der Waals surface area contributed by atoms with Crippen LogP contribution in [0.3, 0.4) is 0 Å². The zero-order valence-electron chi connectivity index (χ0n) is 12.1. The van der Waals surface area contributed by atoms with Gasteiger partial charge in [0.25, 0.3) is 0 Å². The SMILES string of the molecule is C/C=C1/c2cc(O)ccc2CC12Cc1ccc(O)cc1C2. The average molecular weight is 278 g/mol. The smallest absolute Gasteiger partial charge is 0.116 e. The van der Waals surface area contributed by atoms with Crippen molar-refractivity contribution in [2.75, 3.05) is 0 Å². The van der Waals surface area contributed by atoms with Gasteiger partial charge in [-0.25, -0.2) is 0 Å². The third-order valence-electron chi connectivity index (χ3n) is 5.02. The molecule has 0 radical (unpaired) electrons. The van der Waals surface area contributed by atoms with Crippen LogP contribution < -0.4 is 0 Å². The van der Waals surface area contributed by atoms with Crippen molar-refractivity contribution in [1.82, 2.24) is 0 Å². The Hall–Kier alpha value is -2.22. The summed E-state index contributed by atoms with van der Waals surface area (Å²) >= 11 is 0. The topological polar surface area (TPSA) is 40.5 Å². The van der Waals surface area contributed by atoms with Crippen molar-refractivity contribution in [1.29, 1.82) is 0 Å². The molecular formula is C19H18O2. The van der Waals surface area contributed by atoms with Crippen LogP contribution in [0.25, 0.3) is 5.57 Å². The van der Waals surface area contributed by atoms with Crippen LogP contribution in [-0.2, 0) is 19.3 Å². The molecule has 0 aromatic heterocycles. The average Bonchev–Trinajstić information content (AvgIpc) is 2.94. The summed E-state index contributed by atoms with van der Waals surface area (Å²) in [4.78, 5) is 0. The van der Waals surface area contributed by atoms with Gasteiger partial charge in [-0.2, -0.15) is 0 Å². The molecule has 2 aliphatic carbocycles. The minimum atomic E-state index is 0.0982. The number of rotatable bonds is 0. The van der Waals surface area contributed by atoms with Gasteiger partial charge in [-0.3, -0.25) is 0 Å². The summed E-state index contributed by atoms with van der Waals surface area (Å²) in [6.07, 6.45) is 5.18. The van der Waals surface area contributed by atoms with Crippen LogP contribution in [-0.4, -0.2) is 10.2 Å². The standard InChI is InChI=1S/C19H18O2/c1-2-18-17-8-16(21)6-4-13(17)10-19(18)9-12-3-5-15(20)7-14(12)11-19/h2-8,20-21H,9-11H2,1H3/b18-2-. The quantitative estimate of drug-likeness (QED) is 0.768. The van der Waals surface area contributed by atoms with Crippen LogP contribution in [0.4, 0.5) is 0 Å². The predicted molar refractivity (Wildman–Crippen MR) is 83.4 cm³/mol. The highest BCUT2D eigenvalue weighted by molar-refractivity contribution is 5.79. The third kappa shape index (κ3) is 1.72. The number of hydrogen-bond acceptors (Lipinski definition) is 2. The molecule has 0 saturated carbocycles. The minimum absolute atomic E-state index is 0.0982. The van der Waals surface area contributed by atoms with Crippen LogP contribution in [0.2, 0.25) is 0 Å². The molecule has 0 fully saturated rings. The summed E-state index contributed by atoms with van der Waals surface area (Å²) in [6.45, 7) is 2.08. The summed E-state index contributed by atoms with van der Waals surface area (Å²) in [7, 11) is 0. The zero-order chi connectivity index (χ0) is 14.6. The monoisotopic (exact) mass is 278 g/mol. The molecular weight excluding hydrogens is 260 g/mol. The highest BCUT2D eigenvalue weighted by Gasteiger charge is 2.45. The van der Waals surface area contributed by atoms with Crippen molar-refractivity contribution >= 4 is 5.57 Å². The van der Waals surface area contributed by atoms with Crippen LogP contribution in [0.15, 0.2) is 42.5 Å². The zero-order valence-corrected chi connectivity index (χ0v) is 12.1. The number of benzene rings is 2. The van der Waals surface area contributed by atoms with Crippen LogP contribution >= 0.6 is 0 Å². The van der Waals surface area contributed by atoms with E-state index in [1.165, 1.54) is 27.8 Å². The molecule has 21 heavy (non-hydrogen) atoms. The Bertz CT molecular complexity index is 769. The van der Waals surface area contributed by atoms with E-state index in [0.29, 0.717) is 11.5 Å². The first-order valence-electron chi connectivity index (χ1n) is 7.41. The van der Waals surface area contributed by atoms with Gasteiger partial charge in [0.1, 0.15) is 11.5 Å². The van der Waals surface area contributed by atoms with E-state index >= 15 is 0 Å². The fourth-order valence-electron chi connectivity index (χ4n) is 4.23. The van der Waals surface area contributed by atoms with Gasteiger partial charge in [-0.05, 0) is 78.3 Å². The lowest BCUT2D eigenvalue weighted by Crippen LogP contribution is -2.20. The number of allylic oxidation sites excluding steroid dienone is 2. The number of phenolic OH excluding ortho intramolecular Hbond substituents is 2. The van der Waals surface area contributed by atoms with Crippen molar-refractivity contribution in [3.63, 3.8) is 0 Å². The molecule has 0 bridgehead atoms. The Kier molecular flexibility index (Phi) is 2.47. The van der Waals surface area contributed by atoms with Crippen LogP contribution in [0.1, 0.15) is 29.2 Å². The maximum atomic E-state index is 9.79. The second-order valence-corrected chi connectivity index (χ2v) is 6.31. The Morgan fingerprint density at radius 1 is 0.857 bits per heavy atom. The van der Waals surface area contributed by atoms with Gasteiger partial charge in [0, 0.05) is 5.41 Å². The van der Waals surface area contributed by atoms with E-state index in [9.17, 15) is 10.2 Å². The van der Waals surface area contributed by atoms with E-state index < -0.39 is 0 Å². The van der Waals surface area contributed by atoms with E-state index in [2.05, 4.69) is 13.0 Å². The molecule has 2 N–H and O–H groups in total. The summed E-state index contributed by atoms with van der Waals surface area (Å²) < 4.78 is 0. The highest BCUT2D eigenvalue weighted by Crippen LogP contribution is 2.55. The van der Waals surface area contributed by atoms with Gasteiger partial charge in [0.15, 0.2) is 0 Å². The summed E-state index contributed by atoms with van der Waals surface area (Å²) in [5, 5.41) is 19.5. The van der Waals surface area contributed by atoms with E-state index in [1.54, 1.807) is 12.1 Å². The fraction of sp³-hybridized carbons (Fsp3) is 0.263. The lowest BCUT2D eigenvalue weighted by atomic mass is 9.78. The van der Waals surface area contributed by atoms with Crippen molar-refractivity contribution < 1.29 is 10.2 Å². The number of hydrogen-bond donors (Lipinski definition) is 2. The van der Waals surface area contributed by atoms with E-state index in [-0.39, 0.29) is 5.41 Å². The van der Waals surface area contributed by atoms with E-state index in [4.69, 9.17) is 0 Å². The van der Waals surface area contributed by atoms with Gasteiger partial charge in [-0.1, -0.05) is 18.2 Å². The first-order valence-corrected chi connectivity index (χ1v) is 7.41.